The van der Waals surface area contributed by atoms with Crippen molar-refractivity contribution in [3.63, 3.8) is 0 Å². The number of hydrogen-bond donors (Lipinski definition) is 2. The van der Waals surface area contributed by atoms with Gasteiger partial charge in [0.2, 0.25) is 0 Å². The van der Waals surface area contributed by atoms with Gasteiger partial charge in [0.15, 0.2) is 0 Å². The molecule has 10 aromatic rings. The minimum Gasteiger partial charge on any atom is -0.610 e. The minimum atomic E-state index is -0.384. The SMILES string of the molecule is c1ccc(-c2ccc(C3NC(c4cccc5c4oc4ccc6c7ccccc7oc6c45)[N-]C(n4c5ccccc5c5ccccc54)N3)cc2)cc1. The molecule has 7 aromatic carbocycles. The molecule has 0 aliphatic carbocycles. The van der Waals surface area contributed by atoms with Crippen molar-refractivity contribution in [3.05, 3.63) is 174 Å². The van der Waals surface area contributed by atoms with Crippen LogP contribution in [0, 0.1) is 0 Å². The maximum atomic E-state index is 6.73. The molecule has 1 saturated heterocycles. The van der Waals surface area contributed by atoms with Crippen LogP contribution in [-0.4, -0.2) is 4.57 Å². The number of nitrogens with zero attached hydrogens (tertiary/aromatic N) is 2. The third-order valence-electron chi connectivity index (χ3n) is 10.5. The molecule has 11 rings (SSSR count). The molecule has 0 saturated carbocycles. The van der Waals surface area contributed by atoms with Crippen LogP contribution < -0.4 is 10.6 Å². The Morgan fingerprint density at radius 2 is 1.12 bits per heavy atom. The van der Waals surface area contributed by atoms with Gasteiger partial charge in [-0.05, 0) is 58.9 Å². The van der Waals surface area contributed by atoms with E-state index in [0.29, 0.717) is 0 Å². The number of rotatable bonds is 4. The van der Waals surface area contributed by atoms with E-state index in [0.717, 1.165) is 66.0 Å². The number of aromatic nitrogens is 1. The van der Waals surface area contributed by atoms with Gasteiger partial charge in [0.05, 0.1) is 11.6 Å². The van der Waals surface area contributed by atoms with Gasteiger partial charge in [-0.3, -0.25) is 5.32 Å². The highest BCUT2D eigenvalue weighted by Gasteiger charge is 2.27. The zero-order valence-electron chi connectivity index (χ0n) is 27.5. The first kappa shape index (κ1) is 28.6. The lowest BCUT2D eigenvalue weighted by Gasteiger charge is -2.50. The third kappa shape index (κ3) is 4.41. The summed E-state index contributed by atoms with van der Waals surface area (Å²) < 4.78 is 15.5. The van der Waals surface area contributed by atoms with Gasteiger partial charge in [-0.25, -0.2) is 0 Å². The molecule has 1 aliphatic heterocycles. The fraction of sp³-hybridized carbons (Fsp3) is 0.0667. The fourth-order valence-corrected chi connectivity index (χ4v) is 8.10. The number of nitrogens with one attached hydrogen (secondary N) is 2. The first-order valence-electron chi connectivity index (χ1n) is 17.4. The highest BCUT2D eigenvalue weighted by molar-refractivity contribution is 6.22. The molecule has 3 unspecified atom stereocenters. The van der Waals surface area contributed by atoms with Gasteiger partial charge in [-0.2, -0.15) is 0 Å². The lowest BCUT2D eigenvalue weighted by Crippen LogP contribution is -2.46. The Bertz CT molecular complexity index is 2870. The monoisotopic (exact) mass is 659 g/mol. The van der Waals surface area contributed by atoms with E-state index in [1.54, 1.807) is 0 Å². The second-order valence-electron chi connectivity index (χ2n) is 13.3. The average Bonchev–Trinajstić information content (AvgIpc) is 3.88. The first-order valence-corrected chi connectivity index (χ1v) is 17.4. The van der Waals surface area contributed by atoms with Crippen LogP contribution in [0.4, 0.5) is 0 Å². The summed E-state index contributed by atoms with van der Waals surface area (Å²) in [6, 6.07) is 55.2. The second kappa shape index (κ2) is 11.2. The summed E-state index contributed by atoms with van der Waals surface area (Å²) in [5.41, 5.74) is 10.1. The zero-order chi connectivity index (χ0) is 33.5. The van der Waals surface area contributed by atoms with E-state index in [1.165, 1.54) is 21.9 Å². The predicted octanol–water partition coefficient (Wildman–Crippen LogP) is 11.7. The molecule has 51 heavy (non-hydrogen) atoms. The van der Waals surface area contributed by atoms with Gasteiger partial charge < -0.3 is 24.0 Å². The van der Waals surface area contributed by atoms with E-state index >= 15 is 0 Å². The molecule has 3 aromatic heterocycles. The van der Waals surface area contributed by atoms with Crippen molar-refractivity contribution in [1.29, 1.82) is 0 Å². The van der Waals surface area contributed by atoms with Crippen LogP contribution in [-0.2, 0) is 0 Å². The Morgan fingerprint density at radius 1 is 0.471 bits per heavy atom. The lowest BCUT2D eigenvalue weighted by molar-refractivity contribution is 0.275. The van der Waals surface area contributed by atoms with E-state index in [-0.39, 0.29) is 18.6 Å². The van der Waals surface area contributed by atoms with Gasteiger partial charge in [0.1, 0.15) is 22.3 Å². The number of para-hydroxylation sites is 4. The summed E-state index contributed by atoms with van der Waals surface area (Å²) >= 11 is 0. The summed E-state index contributed by atoms with van der Waals surface area (Å²) in [5.74, 6) is 0. The van der Waals surface area contributed by atoms with Gasteiger partial charge in [-0.1, -0.05) is 134 Å². The molecule has 2 N–H and O–H groups in total. The van der Waals surface area contributed by atoms with Crippen molar-refractivity contribution in [1.82, 2.24) is 15.2 Å². The normalized spacial score (nSPS) is 18.2. The Hall–Kier alpha value is -6.18. The molecule has 244 valence electrons. The van der Waals surface area contributed by atoms with Crippen LogP contribution in [0.1, 0.15) is 29.7 Å². The van der Waals surface area contributed by atoms with E-state index in [9.17, 15) is 0 Å². The molecule has 0 bridgehead atoms. The van der Waals surface area contributed by atoms with Crippen molar-refractivity contribution in [3.8, 4) is 11.1 Å². The van der Waals surface area contributed by atoms with Crippen LogP contribution in [0.2, 0.25) is 0 Å². The van der Waals surface area contributed by atoms with Crippen LogP contribution in [0.5, 0.6) is 0 Å². The molecule has 3 atom stereocenters. The minimum absolute atomic E-state index is 0.205. The highest BCUT2D eigenvalue weighted by atomic mass is 16.3. The topological polar surface area (TPSA) is 69.4 Å². The van der Waals surface area contributed by atoms with Crippen molar-refractivity contribution < 1.29 is 8.83 Å². The quantitative estimate of drug-likeness (QED) is 0.197. The van der Waals surface area contributed by atoms with Crippen LogP contribution in [0.25, 0.3) is 82.1 Å². The Labute approximate surface area is 292 Å². The zero-order valence-corrected chi connectivity index (χ0v) is 27.5. The third-order valence-corrected chi connectivity index (χ3v) is 10.5. The van der Waals surface area contributed by atoms with E-state index in [1.807, 2.05) is 18.2 Å². The number of benzene rings is 7. The van der Waals surface area contributed by atoms with Crippen LogP contribution in [0.15, 0.2) is 167 Å². The Balaban J connectivity index is 1.08. The molecular weight excluding hydrogens is 629 g/mol. The molecule has 0 spiro atoms. The van der Waals surface area contributed by atoms with Crippen molar-refractivity contribution in [2.24, 2.45) is 0 Å². The average molecular weight is 660 g/mol. The van der Waals surface area contributed by atoms with Gasteiger partial charge in [-0.15, -0.1) is 0 Å². The largest absolute Gasteiger partial charge is 0.610 e. The van der Waals surface area contributed by atoms with Gasteiger partial charge in [0.25, 0.3) is 0 Å². The van der Waals surface area contributed by atoms with Crippen molar-refractivity contribution in [2.45, 2.75) is 18.6 Å². The van der Waals surface area contributed by atoms with Gasteiger partial charge in [0, 0.05) is 38.0 Å². The molecule has 6 heteroatoms. The van der Waals surface area contributed by atoms with Crippen LogP contribution in [0.3, 0.4) is 0 Å². The molecule has 4 heterocycles. The molecule has 0 radical (unpaired) electrons. The second-order valence-corrected chi connectivity index (χ2v) is 13.3. The number of furan rings is 2. The summed E-state index contributed by atoms with van der Waals surface area (Å²) in [7, 11) is 0. The summed E-state index contributed by atoms with van der Waals surface area (Å²) in [6.07, 6.45) is -0.962. The number of fused-ring (bicyclic) bond motifs is 10. The smallest absolute Gasteiger partial charge is 0.147 e. The molecule has 1 fully saturated rings. The van der Waals surface area contributed by atoms with E-state index in [2.05, 4.69) is 155 Å². The van der Waals surface area contributed by atoms with Crippen LogP contribution >= 0.6 is 0 Å². The predicted molar refractivity (Wildman–Crippen MR) is 206 cm³/mol. The van der Waals surface area contributed by atoms with Gasteiger partial charge >= 0.3 is 0 Å². The maximum Gasteiger partial charge on any atom is 0.147 e. The molecule has 0 amide bonds. The summed E-state index contributed by atoms with van der Waals surface area (Å²) in [6.45, 7) is 0. The number of hydrogen-bond acceptors (Lipinski definition) is 4. The molecular formula is C45H31N4O2-. The molecule has 6 nitrogen and oxygen atoms in total. The van der Waals surface area contributed by atoms with E-state index < -0.39 is 0 Å². The van der Waals surface area contributed by atoms with E-state index in [4.69, 9.17) is 14.2 Å². The summed E-state index contributed by atoms with van der Waals surface area (Å²) in [4.78, 5) is 0. The summed E-state index contributed by atoms with van der Waals surface area (Å²) in [5, 5.41) is 19.8. The Kier molecular flexibility index (Phi) is 6.27. The van der Waals surface area contributed by atoms with Crippen molar-refractivity contribution >= 4 is 65.7 Å². The standard InChI is InChI=1S/C45H31N4O2/c1-2-11-27(12-3-1)28-21-23-29(24-22-28)43-46-44(48-45(47-43)49-36-18-7-4-13-30(36)31-14-5-8-19-37(31)49)35-17-10-16-34-40-39(51-41(34)35)26-25-33-32-15-6-9-20-38(32)50-42(33)40/h1-26,43-47H/q-1. The lowest BCUT2D eigenvalue weighted by atomic mass is 10.0. The molecule has 1 aliphatic rings. The maximum absolute atomic E-state index is 6.73. The first-order chi connectivity index (χ1) is 25.3. The Morgan fingerprint density at radius 3 is 1.90 bits per heavy atom. The van der Waals surface area contributed by atoms with Crippen molar-refractivity contribution in [2.75, 3.05) is 0 Å². The highest BCUT2D eigenvalue weighted by Crippen LogP contribution is 2.45. The fourth-order valence-electron chi connectivity index (χ4n) is 8.10.